The third-order valence-corrected chi connectivity index (χ3v) is 10.9. The highest BCUT2D eigenvalue weighted by molar-refractivity contribution is 6.22. The normalized spacial score (nSPS) is 24.0. The molecule has 3 unspecified atom stereocenters. The Balaban J connectivity index is 1.41. The summed E-state index contributed by atoms with van der Waals surface area (Å²) >= 11 is 7.15. The van der Waals surface area contributed by atoms with E-state index in [-0.39, 0.29) is 16.7 Å². The Labute approximate surface area is 258 Å². The molecular weight excluding hydrogens is 532 g/mol. The van der Waals surface area contributed by atoms with Gasteiger partial charge in [-0.3, -0.25) is 0 Å². The molecule has 3 heteroatoms. The molecule has 0 spiro atoms. The summed E-state index contributed by atoms with van der Waals surface area (Å²) in [5, 5.41) is 2.78. The van der Waals surface area contributed by atoms with Crippen LogP contribution in [-0.4, -0.2) is 35.3 Å². The molecule has 3 aromatic rings. The van der Waals surface area contributed by atoms with Crippen LogP contribution < -0.4 is 4.90 Å². The van der Waals surface area contributed by atoms with Gasteiger partial charge < -0.3 is 4.90 Å². The summed E-state index contributed by atoms with van der Waals surface area (Å²) in [6, 6.07) is 22.7. The van der Waals surface area contributed by atoms with Gasteiger partial charge in [0.05, 0.1) is 5.41 Å². The number of alkyl halides is 1. The van der Waals surface area contributed by atoms with Gasteiger partial charge in [-0.25, -0.2) is 0 Å². The van der Waals surface area contributed by atoms with Crippen molar-refractivity contribution in [3.05, 3.63) is 90.0 Å². The molecule has 2 aliphatic carbocycles. The van der Waals surface area contributed by atoms with Gasteiger partial charge >= 0.3 is 0 Å². The molecule has 1 saturated carbocycles. The van der Waals surface area contributed by atoms with Crippen molar-refractivity contribution in [1.82, 2.24) is 0 Å². The Kier molecular flexibility index (Phi) is 8.91. The zero-order chi connectivity index (χ0) is 29.1. The molecule has 2 nitrogen and oxygen atoms in total. The fourth-order valence-electron chi connectivity index (χ4n) is 8.15. The second-order valence-electron chi connectivity index (χ2n) is 12.9. The van der Waals surface area contributed by atoms with Crippen molar-refractivity contribution in [1.29, 1.82) is 0 Å². The van der Waals surface area contributed by atoms with Gasteiger partial charge in [-0.2, -0.15) is 4.58 Å². The topological polar surface area (TPSA) is 6.25 Å². The number of hydrogen-bond acceptors (Lipinski definition) is 1. The van der Waals surface area contributed by atoms with E-state index < -0.39 is 0 Å². The SMILES string of the molecule is CCN(CC)c1ccc(C=CC2=[N+](CCCCC3CCCC3)c3ccc4ccccc4c3C2(C)C2C=CCC2Cl)cc1. The smallest absolute Gasteiger partial charge is 0.210 e. The fourth-order valence-corrected chi connectivity index (χ4v) is 8.59. The number of anilines is 1. The Morgan fingerprint density at radius 2 is 1.69 bits per heavy atom. The number of fused-ring (bicyclic) bond motifs is 3. The van der Waals surface area contributed by atoms with Crippen LogP contribution in [0.4, 0.5) is 11.4 Å². The summed E-state index contributed by atoms with van der Waals surface area (Å²) in [5.41, 5.74) is 6.54. The van der Waals surface area contributed by atoms with Gasteiger partial charge in [0, 0.05) is 54.2 Å². The van der Waals surface area contributed by atoms with E-state index in [9.17, 15) is 0 Å². The monoisotopic (exact) mass is 579 g/mol. The van der Waals surface area contributed by atoms with Crippen molar-refractivity contribution >= 4 is 45.5 Å². The second-order valence-corrected chi connectivity index (χ2v) is 13.4. The molecule has 1 fully saturated rings. The summed E-state index contributed by atoms with van der Waals surface area (Å²) in [5.74, 6) is 1.20. The standard InChI is InChI=1S/C39H48ClN2/c1-4-41(5-2)32-24-20-30(21-25-32)22-27-37-39(3,34-18-12-19-35(34)40)38-33-17-9-8-16-31(33)23-26-36(38)42(37)28-11-10-15-29-13-6-7-14-29/h8-9,12,16-18,20-27,29,34-35H,4-7,10-11,13-15,19,28H2,1-3H3/q+1. The predicted molar refractivity (Wildman–Crippen MR) is 183 cm³/mol. The van der Waals surface area contributed by atoms with E-state index in [1.54, 1.807) is 0 Å². The first-order valence-electron chi connectivity index (χ1n) is 16.6. The van der Waals surface area contributed by atoms with Gasteiger partial charge in [-0.1, -0.05) is 80.7 Å². The average Bonchev–Trinajstić information content (AvgIpc) is 3.75. The minimum absolute atomic E-state index is 0.0980. The van der Waals surface area contributed by atoms with Crippen LogP contribution in [0.2, 0.25) is 0 Å². The van der Waals surface area contributed by atoms with E-state index in [2.05, 4.69) is 115 Å². The maximum Gasteiger partial charge on any atom is 0.210 e. The molecule has 0 aromatic heterocycles. The molecule has 0 saturated heterocycles. The summed E-state index contributed by atoms with van der Waals surface area (Å²) < 4.78 is 2.66. The molecule has 3 aliphatic rings. The molecule has 3 atom stereocenters. The lowest BCUT2D eigenvalue weighted by Crippen LogP contribution is -2.41. The number of halogens is 1. The van der Waals surface area contributed by atoms with E-state index in [4.69, 9.17) is 11.6 Å². The first-order valence-corrected chi connectivity index (χ1v) is 17.0. The van der Waals surface area contributed by atoms with Gasteiger partial charge in [0.25, 0.3) is 0 Å². The van der Waals surface area contributed by atoms with Crippen molar-refractivity contribution in [3.8, 4) is 0 Å². The van der Waals surface area contributed by atoms with Crippen LogP contribution in [0.25, 0.3) is 16.8 Å². The van der Waals surface area contributed by atoms with E-state index in [0.29, 0.717) is 0 Å². The zero-order valence-corrected chi connectivity index (χ0v) is 26.6. The summed E-state index contributed by atoms with van der Waals surface area (Å²) in [6.07, 6.45) is 20.1. The molecule has 3 aromatic carbocycles. The van der Waals surface area contributed by atoms with Gasteiger partial charge in [0.15, 0.2) is 5.71 Å². The van der Waals surface area contributed by atoms with Crippen molar-refractivity contribution in [2.75, 3.05) is 24.5 Å². The molecule has 0 bridgehead atoms. The van der Waals surface area contributed by atoms with E-state index in [1.165, 1.54) is 83.9 Å². The van der Waals surface area contributed by atoms with E-state index >= 15 is 0 Å². The lowest BCUT2D eigenvalue weighted by molar-refractivity contribution is -0.438. The Hall–Kier alpha value is -2.84. The number of hydrogen-bond donors (Lipinski definition) is 0. The second kappa shape index (κ2) is 12.8. The minimum atomic E-state index is -0.210. The highest BCUT2D eigenvalue weighted by Gasteiger charge is 2.55. The Bertz CT molecular complexity index is 1470. The van der Waals surface area contributed by atoms with Gasteiger partial charge in [-0.15, -0.1) is 11.6 Å². The molecule has 42 heavy (non-hydrogen) atoms. The van der Waals surface area contributed by atoms with Crippen LogP contribution in [0.15, 0.2) is 78.9 Å². The van der Waals surface area contributed by atoms with Crippen molar-refractivity contribution < 1.29 is 4.58 Å². The van der Waals surface area contributed by atoms with Crippen LogP contribution in [0, 0.1) is 11.8 Å². The first-order chi connectivity index (χ1) is 20.5. The molecule has 0 N–H and O–H groups in total. The Morgan fingerprint density at radius 3 is 2.40 bits per heavy atom. The zero-order valence-electron chi connectivity index (χ0n) is 25.9. The quantitative estimate of drug-likeness (QED) is 0.0947. The Morgan fingerprint density at radius 1 is 0.929 bits per heavy atom. The summed E-state index contributed by atoms with van der Waals surface area (Å²) in [6.45, 7) is 10.0. The van der Waals surface area contributed by atoms with E-state index in [0.717, 1.165) is 32.0 Å². The van der Waals surface area contributed by atoms with Crippen molar-refractivity contribution in [2.45, 2.75) is 82.9 Å². The number of unbranched alkanes of at least 4 members (excludes halogenated alkanes) is 1. The molecule has 0 radical (unpaired) electrons. The summed E-state index contributed by atoms with van der Waals surface area (Å²) in [4.78, 5) is 2.40. The molecule has 1 heterocycles. The maximum absolute atomic E-state index is 7.15. The highest BCUT2D eigenvalue weighted by Crippen LogP contribution is 2.52. The van der Waals surface area contributed by atoms with Crippen LogP contribution in [0.3, 0.4) is 0 Å². The van der Waals surface area contributed by atoms with E-state index in [1.807, 2.05) is 0 Å². The fraction of sp³-hybridized carbons (Fsp3) is 0.462. The van der Waals surface area contributed by atoms with Crippen molar-refractivity contribution in [2.24, 2.45) is 11.8 Å². The highest BCUT2D eigenvalue weighted by atomic mass is 35.5. The van der Waals surface area contributed by atoms with Crippen LogP contribution in [0.5, 0.6) is 0 Å². The van der Waals surface area contributed by atoms with Crippen LogP contribution in [-0.2, 0) is 5.41 Å². The average molecular weight is 580 g/mol. The van der Waals surface area contributed by atoms with Crippen LogP contribution >= 0.6 is 11.6 Å². The maximum atomic E-state index is 7.15. The lowest BCUT2D eigenvalue weighted by atomic mass is 9.67. The third-order valence-electron chi connectivity index (χ3n) is 10.5. The number of rotatable bonds is 11. The summed E-state index contributed by atoms with van der Waals surface area (Å²) in [7, 11) is 0. The molecular formula is C39H48ClN2+. The molecule has 0 amide bonds. The number of benzene rings is 3. The third kappa shape index (κ3) is 5.48. The lowest BCUT2D eigenvalue weighted by Gasteiger charge is -2.32. The van der Waals surface area contributed by atoms with Gasteiger partial charge in [0.2, 0.25) is 5.69 Å². The minimum Gasteiger partial charge on any atom is -0.372 e. The molecule has 1 aliphatic heterocycles. The van der Waals surface area contributed by atoms with Gasteiger partial charge in [-0.05, 0) is 80.1 Å². The number of allylic oxidation sites excluding steroid dienone is 3. The van der Waals surface area contributed by atoms with Crippen LogP contribution in [0.1, 0.15) is 83.3 Å². The molecule has 6 rings (SSSR count). The predicted octanol–water partition coefficient (Wildman–Crippen LogP) is 10.3. The largest absolute Gasteiger partial charge is 0.372 e. The first kappa shape index (κ1) is 29.2. The molecule has 220 valence electrons. The van der Waals surface area contributed by atoms with Crippen molar-refractivity contribution in [3.63, 3.8) is 0 Å². The number of nitrogens with zero attached hydrogens (tertiary/aromatic N) is 2. The van der Waals surface area contributed by atoms with Gasteiger partial charge in [0.1, 0.15) is 6.54 Å².